The van der Waals surface area contributed by atoms with Crippen molar-refractivity contribution in [1.82, 2.24) is 4.90 Å². The Hall–Kier alpha value is -1.34. The van der Waals surface area contributed by atoms with Crippen LogP contribution in [0, 0.1) is 17.8 Å². The molecule has 1 saturated heterocycles. The Kier molecular flexibility index (Phi) is 3.41. The zero-order valence-electron chi connectivity index (χ0n) is 13.4. The minimum absolute atomic E-state index is 0.265. The van der Waals surface area contributed by atoms with Crippen molar-refractivity contribution in [2.75, 3.05) is 13.1 Å². The molecule has 7 heteroatoms. The Morgan fingerprint density at radius 1 is 1.41 bits per heavy atom. The summed E-state index contributed by atoms with van der Waals surface area (Å²) in [6, 6.07) is 0. The molecule has 3 aliphatic rings. The summed E-state index contributed by atoms with van der Waals surface area (Å²) in [6.45, 7) is 8.55. The number of nitrogens with zero attached hydrogens (tertiary/aromatic N) is 2. The van der Waals surface area contributed by atoms with Crippen molar-refractivity contribution in [3.8, 4) is 0 Å². The Balaban J connectivity index is 1.53. The van der Waals surface area contributed by atoms with E-state index in [9.17, 15) is 15.0 Å². The molecule has 1 saturated carbocycles. The maximum absolute atomic E-state index is 12.0. The van der Waals surface area contributed by atoms with Gasteiger partial charge in [-0.1, -0.05) is 5.16 Å². The summed E-state index contributed by atoms with van der Waals surface area (Å²) in [5, 5.41) is 22.7. The van der Waals surface area contributed by atoms with Gasteiger partial charge in [0.05, 0.1) is 5.71 Å². The first-order valence-corrected chi connectivity index (χ1v) is 7.70. The van der Waals surface area contributed by atoms with Gasteiger partial charge in [-0.25, -0.2) is 4.79 Å². The fourth-order valence-corrected chi connectivity index (χ4v) is 3.40. The topological polar surface area (TPSA) is 91.6 Å². The highest BCUT2D eigenvalue weighted by molar-refractivity contribution is 5.91. The van der Waals surface area contributed by atoms with Crippen LogP contribution in [0.4, 0.5) is 4.79 Å². The van der Waals surface area contributed by atoms with Gasteiger partial charge in [0, 0.05) is 25.4 Å². The highest BCUT2D eigenvalue weighted by Gasteiger charge is 2.61. The lowest BCUT2D eigenvalue weighted by Gasteiger charge is -2.26. The maximum Gasteiger partial charge on any atom is 0.410 e. The van der Waals surface area contributed by atoms with Gasteiger partial charge in [-0.15, -0.1) is 0 Å². The van der Waals surface area contributed by atoms with Crippen LogP contribution in [0.25, 0.3) is 0 Å². The summed E-state index contributed by atoms with van der Waals surface area (Å²) in [6.07, 6.45) is -1.39. The number of aliphatic hydroxyl groups is 2. The molecule has 0 aromatic heterocycles. The van der Waals surface area contributed by atoms with E-state index >= 15 is 0 Å². The summed E-state index contributed by atoms with van der Waals surface area (Å²) < 4.78 is 5.38. The predicted molar refractivity (Wildman–Crippen MR) is 78.0 cm³/mol. The number of likely N-dealkylation sites (tertiary alicyclic amines) is 1. The van der Waals surface area contributed by atoms with Crippen LogP contribution in [0.2, 0.25) is 0 Å². The van der Waals surface area contributed by atoms with Gasteiger partial charge >= 0.3 is 6.09 Å². The number of amides is 1. The number of rotatable bonds is 2. The number of aliphatic hydroxyl groups excluding tert-OH is 1. The summed E-state index contributed by atoms with van der Waals surface area (Å²) in [5.41, 5.74) is -0.641. The van der Waals surface area contributed by atoms with E-state index in [1.165, 1.54) is 0 Å². The number of hydrogen-bond acceptors (Lipinski definition) is 6. The quantitative estimate of drug-likeness (QED) is 0.741. The summed E-state index contributed by atoms with van der Waals surface area (Å²) >= 11 is 0. The number of piperidine rings is 1. The van der Waals surface area contributed by atoms with Crippen LogP contribution in [-0.4, -0.2) is 57.5 Å². The van der Waals surface area contributed by atoms with Crippen molar-refractivity contribution < 1.29 is 24.6 Å². The lowest BCUT2D eigenvalue weighted by Crippen LogP contribution is -2.40. The average Bonchev–Trinajstić information content (AvgIpc) is 2.76. The second kappa shape index (κ2) is 4.83. The van der Waals surface area contributed by atoms with Gasteiger partial charge in [-0.05, 0) is 39.5 Å². The zero-order chi connectivity index (χ0) is 16.3. The fourth-order valence-electron chi connectivity index (χ4n) is 3.40. The van der Waals surface area contributed by atoms with Crippen molar-refractivity contribution in [2.24, 2.45) is 22.9 Å². The average molecular weight is 312 g/mol. The third-order valence-corrected chi connectivity index (χ3v) is 4.68. The van der Waals surface area contributed by atoms with Crippen LogP contribution in [0.3, 0.4) is 0 Å². The third-order valence-electron chi connectivity index (χ3n) is 4.68. The molecular weight excluding hydrogens is 288 g/mol. The molecule has 22 heavy (non-hydrogen) atoms. The Morgan fingerprint density at radius 2 is 2.00 bits per heavy atom. The number of oxime groups is 1. The number of carbonyl (C=O) groups excluding carboxylic acids is 1. The Labute approximate surface area is 129 Å². The van der Waals surface area contributed by atoms with Gasteiger partial charge in [0.15, 0.2) is 11.9 Å². The second-order valence-electron chi connectivity index (χ2n) is 7.78. The molecule has 2 fully saturated rings. The van der Waals surface area contributed by atoms with Crippen molar-refractivity contribution in [1.29, 1.82) is 0 Å². The summed E-state index contributed by atoms with van der Waals surface area (Å²) in [5.74, 6) is 1.06. The van der Waals surface area contributed by atoms with Crippen molar-refractivity contribution in [3.05, 3.63) is 0 Å². The van der Waals surface area contributed by atoms with E-state index in [4.69, 9.17) is 9.57 Å². The molecule has 4 atom stereocenters. The number of carbonyl (C=O) groups is 1. The van der Waals surface area contributed by atoms with E-state index in [0.717, 1.165) is 5.71 Å². The van der Waals surface area contributed by atoms with Gasteiger partial charge in [0.1, 0.15) is 5.60 Å². The molecule has 3 rings (SSSR count). The Bertz CT molecular complexity index is 501. The van der Waals surface area contributed by atoms with Crippen LogP contribution in [0.5, 0.6) is 0 Å². The predicted octanol–water partition coefficient (Wildman–Crippen LogP) is 0.945. The van der Waals surface area contributed by atoms with Crippen LogP contribution >= 0.6 is 0 Å². The first-order chi connectivity index (χ1) is 10.1. The number of hydrogen-bond donors (Lipinski definition) is 2. The molecule has 1 aliphatic carbocycles. The second-order valence-corrected chi connectivity index (χ2v) is 7.78. The lowest BCUT2D eigenvalue weighted by atomic mass is 9.95. The standard InChI is InChI=1S/C15H24N2O5/c1-14(2,3)21-13(20)17-6-8-9(7-17)11(8)10-5-15(4,12(18)19)22-16-10/h8-9,11-12,18-19H,5-7H2,1-4H3/t8-,9+,11?,15?. The lowest BCUT2D eigenvalue weighted by molar-refractivity contribution is -0.189. The largest absolute Gasteiger partial charge is 0.444 e. The van der Waals surface area contributed by atoms with Gasteiger partial charge < -0.3 is 24.7 Å². The minimum Gasteiger partial charge on any atom is -0.444 e. The smallest absolute Gasteiger partial charge is 0.410 e. The summed E-state index contributed by atoms with van der Waals surface area (Å²) in [7, 11) is 0. The highest BCUT2D eigenvalue weighted by atomic mass is 16.7. The van der Waals surface area contributed by atoms with Crippen LogP contribution in [0.1, 0.15) is 34.1 Å². The van der Waals surface area contributed by atoms with Crippen molar-refractivity contribution >= 4 is 11.8 Å². The van der Waals surface area contributed by atoms with E-state index in [0.29, 0.717) is 37.3 Å². The highest BCUT2D eigenvalue weighted by Crippen LogP contribution is 2.54. The van der Waals surface area contributed by atoms with Crippen molar-refractivity contribution in [2.45, 2.75) is 51.6 Å². The molecule has 0 radical (unpaired) electrons. The molecule has 2 heterocycles. The van der Waals surface area contributed by atoms with Crippen molar-refractivity contribution in [3.63, 3.8) is 0 Å². The first-order valence-electron chi connectivity index (χ1n) is 7.70. The normalized spacial score (nSPS) is 37.0. The first kappa shape index (κ1) is 15.6. The summed E-state index contributed by atoms with van der Waals surface area (Å²) in [4.78, 5) is 19.0. The number of fused-ring (bicyclic) bond motifs is 1. The molecule has 0 spiro atoms. The van der Waals surface area contributed by atoms with E-state index in [1.54, 1.807) is 11.8 Å². The third kappa shape index (κ3) is 2.67. The molecule has 7 nitrogen and oxygen atoms in total. The molecule has 0 bridgehead atoms. The molecule has 0 aromatic carbocycles. The molecule has 0 aromatic rings. The van der Waals surface area contributed by atoms with E-state index in [-0.39, 0.29) is 6.09 Å². The molecule has 1 amide bonds. The molecule has 124 valence electrons. The molecule has 2 aliphatic heterocycles. The van der Waals surface area contributed by atoms with Gasteiger partial charge in [0.25, 0.3) is 0 Å². The van der Waals surface area contributed by atoms with E-state index in [2.05, 4.69) is 5.16 Å². The van der Waals surface area contributed by atoms with E-state index in [1.807, 2.05) is 20.8 Å². The van der Waals surface area contributed by atoms with Crippen LogP contribution in [-0.2, 0) is 9.57 Å². The molecular formula is C15H24N2O5. The number of ether oxygens (including phenoxy) is 1. The van der Waals surface area contributed by atoms with Gasteiger partial charge in [-0.3, -0.25) is 0 Å². The monoisotopic (exact) mass is 312 g/mol. The molecule has 2 unspecified atom stereocenters. The minimum atomic E-state index is -1.55. The maximum atomic E-state index is 12.0. The van der Waals surface area contributed by atoms with E-state index < -0.39 is 17.5 Å². The fraction of sp³-hybridized carbons (Fsp3) is 0.867. The van der Waals surface area contributed by atoms with Crippen LogP contribution < -0.4 is 0 Å². The zero-order valence-corrected chi connectivity index (χ0v) is 13.4. The Morgan fingerprint density at radius 3 is 2.45 bits per heavy atom. The molecule has 2 N–H and O–H groups in total. The van der Waals surface area contributed by atoms with Gasteiger partial charge in [0.2, 0.25) is 0 Å². The van der Waals surface area contributed by atoms with Gasteiger partial charge in [-0.2, -0.15) is 0 Å². The SMILES string of the molecule is CC(C)(C)OC(=O)N1C[C@@H]2C(C3=NOC(C)(C(O)O)C3)[C@@H]2C1. The van der Waals surface area contributed by atoms with Crippen LogP contribution in [0.15, 0.2) is 5.16 Å².